The number of aromatic nitrogens is 2. The van der Waals surface area contributed by atoms with E-state index in [1.54, 1.807) is 0 Å². The van der Waals surface area contributed by atoms with Crippen LogP contribution in [0.5, 0.6) is 0 Å². The Morgan fingerprint density at radius 1 is 1.21 bits per heavy atom. The van der Waals surface area contributed by atoms with E-state index >= 15 is 0 Å². The minimum absolute atomic E-state index is 0.670. The molecule has 0 aliphatic carbocycles. The maximum atomic E-state index is 11.3. The Morgan fingerprint density at radius 2 is 1.84 bits per heavy atom. The minimum Gasteiger partial charge on any atom is -0.298 e. The maximum Gasteiger partial charge on any atom is 0.153 e. The Hall–Kier alpha value is -1.90. The van der Waals surface area contributed by atoms with Gasteiger partial charge in [0, 0.05) is 18.3 Å². The van der Waals surface area contributed by atoms with Crippen LogP contribution in [-0.2, 0) is 6.54 Å². The van der Waals surface area contributed by atoms with E-state index in [0.717, 1.165) is 30.5 Å². The highest BCUT2D eigenvalue weighted by atomic mass is 16.1. The van der Waals surface area contributed by atoms with Crippen LogP contribution in [0.25, 0.3) is 11.3 Å². The third-order valence-electron chi connectivity index (χ3n) is 3.28. The van der Waals surface area contributed by atoms with Gasteiger partial charge in [-0.15, -0.1) is 0 Å². The van der Waals surface area contributed by atoms with E-state index in [1.807, 2.05) is 10.9 Å². The molecule has 0 atom stereocenters. The van der Waals surface area contributed by atoms with Crippen LogP contribution in [0.15, 0.2) is 18.3 Å². The smallest absolute Gasteiger partial charge is 0.153 e. The lowest BCUT2D eigenvalue weighted by atomic mass is 9.96. The van der Waals surface area contributed by atoms with Gasteiger partial charge in [-0.1, -0.05) is 24.6 Å². The number of rotatable bonds is 4. The molecule has 3 heteroatoms. The summed E-state index contributed by atoms with van der Waals surface area (Å²) in [6.45, 7) is 9.17. The summed E-state index contributed by atoms with van der Waals surface area (Å²) in [5, 5.41) is 4.58. The summed E-state index contributed by atoms with van der Waals surface area (Å²) in [6, 6.07) is 4.27. The van der Waals surface area contributed by atoms with Crippen LogP contribution in [0.1, 0.15) is 40.4 Å². The molecular formula is C16H20N2O. The minimum atomic E-state index is 0.670. The molecule has 0 saturated carbocycles. The maximum absolute atomic E-state index is 11.3. The van der Waals surface area contributed by atoms with Crippen molar-refractivity contribution in [3.05, 3.63) is 40.6 Å². The van der Waals surface area contributed by atoms with Gasteiger partial charge in [0.25, 0.3) is 0 Å². The van der Waals surface area contributed by atoms with Gasteiger partial charge in [-0.2, -0.15) is 5.10 Å². The van der Waals surface area contributed by atoms with Crippen molar-refractivity contribution in [3.8, 4) is 11.3 Å². The highest BCUT2D eigenvalue weighted by molar-refractivity contribution is 5.87. The Kier molecular flexibility index (Phi) is 3.84. The molecule has 2 rings (SSSR count). The first-order chi connectivity index (χ1) is 9.06. The fraction of sp³-hybridized carbons (Fsp3) is 0.375. The van der Waals surface area contributed by atoms with Gasteiger partial charge in [-0.25, -0.2) is 0 Å². The lowest BCUT2D eigenvalue weighted by molar-refractivity contribution is 0.112. The molecule has 19 heavy (non-hydrogen) atoms. The molecule has 0 spiro atoms. The summed E-state index contributed by atoms with van der Waals surface area (Å²) < 4.78 is 1.86. The van der Waals surface area contributed by atoms with Crippen LogP contribution < -0.4 is 0 Å². The van der Waals surface area contributed by atoms with Crippen molar-refractivity contribution in [2.45, 2.75) is 40.7 Å². The SMILES string of the molecule is CCCn1cc(C=O)c(-c2c(C)cc(C)cc2C)n1. The second-order valence-electron chi connectivity index (χ2n) is 5.09. The summed E-state index contributed by atoms with van der Waals surface area (Å²) in [5.74, 6) is 0. The molecule has 2 aromatic rings. The molecule has 1 aromatic carbocycles. The molecule has 0 amide bonds. The van der Waals surface area contributed by atoms with Gasteiger partial charge in [0.05, 0.1) is 5.56 Å². The average Bonchev–Trinajstić information content (AvgIpc) is 2.71. The Labute approximate surface area is 114 Å². The van der Waals surface area contributed by atoms with E-state index in [0.29, 0.717) is 5.56 Å². The van der Waals surface area contributed by atoms with Crippen molar-refractivity contribution in [3.63, 3.8) is 0 Å². The monoisotopic (exact) mass is 256 g/mol. The molecule has 0 bridgehead atoms. The van der Waals surface area contributed by atoms with E-state index in [1.165, 1.54) is 16.7 Å². The lowest BCUT2D eigenvalue weighted by Gasteiger charge is -2.09. The third kappa shape index (κ3) is 2.60. The first-order valence-corrected chi connectivity index (χ1v) is 6.67. The number of nitrogens with zero attached hydrogens (tertiary/aromatic N) is 2. The van der Waals surface area contributed by atoms with Crippen molar-refractivity contribution in [2.75, 3.05) is 0 Å². The van der Waals surface area contributed by atoms with Crippen LogP contribution in [0, 0.1) is 20.8 Å². The van der Waals surface area contributed by atoms with Crippen molar-refractivity contribution < 1.29 is 4.79 Å². The number of carbonyl (C=O) groups excluding carboxylic acids is 1. The molecule has 0 saturated heterocycles. The van der Waals surface area contributed by atoms with Crippen molar-refractivity contribution in [1.29, 1.82) is 0 Å². The summed E-state index contributed by atoms with van der Waals surface area (Å²) in [5.41, 5.74) is 6.13. The number of hydrogen-bond acceptors (Lipinski definition) is 2. The molecule has 3 nitrogen and oxygen atoms in total. The summed E-state index contributed by atoms with van der Waals surface area (Å²) in [7, 11) is 0. The number of carbonyl (C=O) groups is 1. The molecule has 1 aromatic heterocycles. The van der Waals surface area contributed by atoms with E-state index in [-0.39, 0.29) is 0 Å². The molecule has 0 fully saturated rings. The van der Waals surface area contributed by atoms with Crippen LogP contribution in [-0.4, -0.2) is 16.1 Å². The molecule has 0 aliphatic heterocycles. The van der Waals surface area contributed by atoms with Crippen LogP contribution in [0.4, 0.5) is 0 Å². The normalized spacial score (nSPS) is 10.7. The van der Waals surface area contributed by atoms with E-state index < -0.39 is 0 Å². The predicted octanol–water partition coefficient (Wildman–Crippen LogP) is 3.70. The summed E-state index contributed by atoms with van der Waals surface area (Å²) in [6.07, 6.45) is 3.74. The highest BCUT2D eigenvalue weighted by Crippen LogP contribution is 2.29. The van der Waals surface area contributed by atoms with Crippen molar-refractivity contribution in [1.82, 2.24) is 9.78 Å². The summed E-state index contributed by atoms with van der Waals surface area (Å²) in [4.78, 5) is 11.3. The molecule has 0 aliphatic rings. The van der Waals surface area contributed by atoms with Crippen LogP contribution >= 0.6 is 0 Å². The number of hydrogen-bond donors (Lipinski definition) is 0. The van der Waals surface area contributed by atoms with Gasteiger partial charge >= 0.3 is 0 Å². The fourth-order valence-corrected chi connectivity index (χ4v) is 2.61. The molecular weight excluding hydrogens is 236 g/mol. The van der Waals surface area contributed by atoms with Gasteiger partial charge in [-0.3, -0.25) is 9.48 Å². The fourth-order valence-electron chi connectivity index (χ4n) is 2.61. The standard InChI is InChI=1S/C16H20N2O/c1-5-6-18-9-14(10-19)16(17-18)15-12(3)7-11(2)8-13(15)4/h7-10H,5-6H2,1-4H3. The van der Waals surface area contributed by atoms with Gasteiger partial charge in [-0.05, 0) is 38.3 Å². The van der Waals surface area contributed by atoms with Gasteiger partial charge < -0.3 is 0 Å². The Balaban J connectivity index is 2.61. The topological polar surface area (TPSA) is 34.9 Å². The Bertz CT molecular complexity index is 588. The molecule has 0 radical (unpaired) electrons. The van der Waals surface area contributed by atoms with Crippen molar-refractivity contribution in [2.24, 2.45) is 0 Å². The van der Waals surface area contributed by atoms with E-state index in [9.17, 15) is 4.79 Å². The van der Waals surface area contributed by atoms with E-state index in [2.05, 4.69) is 44.9 Å². The zero-order chi connectivity index (χ0) is 14.0. The first-order valence-electron chi connectivity index (χ1n) is 6.67. The zero-order valence-corrected chi connectivity index (χ0v) is 12.0. The third-order valence-corrected chi connectivity index (χ3v) is 3.28. The van der Waals surface area contributed by atoms with Crippen molar-refractivity contribution >= 4 is 6.29 Å². The largest absolute Gasteiger partial charge is 0.298 e. The quantitative estimate of drug-likeness (QED) is 0.782. The number of aryl methyl sites for hydroxylation is 4. The number of benzene rings is 1. The predicted molar refractivity (Wildman–Crippen MR) is 77.6 cm³/mol. The van der Waals surface area contributed by atoms with Gasteiger partial charge in [0.1, 0.15) is 5.69 Å². The highest BCUT2D eigenvalue weighted by Gasteiger charge is 2.15. The molecule has 1 heterocycles. The van der Waals surface area contributed by atoms with Crippen LogP contribution in [0.2, 0.25) is 0 Å². The molecule has 0 N–H and O–H groups in total. The van der Waals surface area contributed by atoms with Gasteiger partial charge in [0.15, 0.2) is 6.29 Å². The Morgan fingerprint density at radius 3 is 2.37 bits per heavy atom. The van der Waals surface area contributed by atoms with E-state index in [4.69, 9.17) is 0 Å². The lowest BCUT2D eigenvalue weighted by Crippen LogP contribution is -1.98. The van der Waals surface area contributed by atoms with Gasteiger partial charge in [0.2, 0.25) is 0 Å². The average molecular weight is 256 g/mol. The van der Waals surface area contributed by atoms with Crippen LogP contribution in [0.3, 0.4) is 0 Å². The number of aldehydes is 1. The molecule has 100 valence electrons. The first kappa shape index (κ1) is 13.5. The second kappa shape index (κ2) is 5.39. The summed E-state index contributed by atoms with van der Waals surface area (Å²) >= 11 is 0. The zero-order valence-electron chi connectivity index (χ0n) is 12.0. The molecule has 0 unspecified atom stereocenters. The second-order valence-corrected chi connectivity index (χ2v) is 5.09.